The Morgan fingerprint density at radius 2 is 2.00 bits per heavy atom. The minimum absolute atomic E-state index is 0.0120. The van der Waals surface area contributed by atoms with E-state index in [1.807, 2.05) is 23.2 Å². The number of aromatic amines is 1. The lowest BCUT2D eigenvalue weighted by molar-refractivity contribution is -0.139. The first-order valence-electron chi connectivity index (χ1n) is 15.1. The molecule has 11 heteroatoms. The standard InChI is InChI=1S/C32H38N8O3/c1-5-26(41)40-18-32(19-40)10-13-39(14-11-32)29-28-25(34-31(36-29)43-17-21-7-6-12-38(21)3)15-22(30(35-28)42-4)27-20(2)8-9-24-23(27)16-33-37-24/h5,8-9,15-16,21H,1,6-7,10-14,17-19H2,2-4H3,(H,33,37)/t21-/m0/s1. The van der Waals surface area contributed by atoms with Crippen LogP contribution in [0.2, 0.25) is 0 Å². The summed E-state index contributed by atoms with van der Waals surface area (Å²) in [4.78, 5) is 33.5. The largest absolute Gasteiger partial charge is 0.481 e. The van der Waals surface area contributed by atoms with E-state index >= 15 is 0 Å². The number of carbonyl (C=O) groups excluding carboxylic acids is 1. The van der Waals surface area contributed by atoms with E-state index in [-0.39, 0.29) is 11.3 Å². The summed E-state index contributed by atoms with van der Waals surface area (Å²) in [6.07, 6.45) is 7.46. The van der Waals surface area contributed by atoms with Crippen LogP contribution in [0.1, 0.15) is 31.2 Å². The number of likely N-dealkylation sites (tertiary alicyclic amines) is 2. The molecule has 3 aromatic heterocycles. The third-order valence-corrected chi connectivity index (χ3v) is 9.63. The Hall–Kier alpha value is -4.25. The number of hydrogen-bond acceptors (Lipinski definition) is 9. The summed E-state index contributed by atoms with van der Waals surface area (Å²) in [5.74, 6) is 1.29. The number of carbonyl (C=O) groups is 1. The number of ether oxygens (including phenoxy) is 2. The van der Waals surface area contributed by atoms with Crippen LogP contribution in [0.3, 0.4) is 0 Å². The van der Waals surface area contributed by atoms with Gasteiger partial charge in [0, 0.05) is 54.1 Å². The minimum atomic E-state index is 0.0120. The molecule has 224 valence electrons. The highest BCUT2D eigenvalue weighted by molar-refractivity contribution is 6.00. The Morgan fingerprint density at radius 3 is 2.72 bits per heavy atom. The van der Waals surface area contributed by atoms with Crippen molar-refractivity contribution in [3.63, 3.8) is 0 Å². The quantitative estimate of drug-likeness (QED) is 0.324. The first kappa shape index (κ1) is 27.6. The van der Waals surface area contributed by atoms with Crippen LogP contribution in [-0.4, -0.2) is 100 Å². The molecule has 1 atom stereocenters. The Kier molecular flexibility index (Phi) is 6.92. The third-order valence-electron chi connectivity index (χ3n) is 9.63. The van der Waals surface area contributed by atoms with Crippen LogP contribution in [0.5, 0.6) is 11.9 Å². The number of amides is 1. The highest BCUT2D eigenvalue weighted by atomic mass is 16.5. The fourth-order valence-electron chi connectivity index (χ4n) is 7.03. The van der Waals surface area contributed by atoms with E-state index in [1.165, 1.54) is 12.5 Å². The van der Waals surface area contributed by atoms with E-state index in [0.29, 0.717) is 35.6 Å². The molecule has 11 nitrogen and oxygen atoms in total. The second-order valence-electron chi connectivity index (χ2n) is 12.3. The van der Waals surface area contributed by atoms with Crippen LogP contribution in [0, 0.1) is 12.3 Å². The number of methoxy groups -OCH3 is 1. The summed E-state index contributed by atoms with van der Waals surface area (Å²) in [6, 6.07) is 6.87. The normalized spacial score (nSPS) is 20.1. The van der Waals surface area contributed by atoms with E-state index in [1.54, 1.807) is 7.11 Å². The third kappa shape index (κ3) is 4.85. The molecule has 4 aromatic rings. The maximum absolute atomic E-state index is 12.1. The number of anilines is 1. The predicted octanol–water partition coefficient (Wildman–Crippen LogP) is 3.97. The number of nitrogens with zero attached hydrogens (tertiary/aromatic N) is 7. The average molecular weight is 583 g/mol. The van der Waals surface area contributed by atoms with Crippen molar-refractivity contribution in [1.82, 2.24) is 34.9 Å². The topological polar surface area (TPSA) is 113 Å². The molecule has 1 spiro atoms. The number of aryl methyl sites for hydroxylation is 1. The summed E-state index contributed by atoms with van der Waals surface area (Å²) in [6.45, 7) is 10.5. The van der Waals surface area contributed by atoms with Crippen LogP contribution >= 0.6 is 0 Å². The first-order valence-corrected chi connectivity index (χ1v) is 15.1. The Morgan fingerprint density at radius 1 is 1.19 bits per heavy atom. The van der Waals surface area contributed by atoms with Crippen LogP contribution in [0.15, 0.2) is 37.1 Å². The van der Waals surface area contributed by atoms with Gasteiger partial charge in [0.1, 0.15) is 12.1 Å². The molecular formula is C32H38N8O3. The van der Waals surface area contributed by atoms with Crippen LogP contribution in [-0.2, 0) is 4.79 Å². The second kappa shape index (κ2) is 10.8. The Bertz CT molecular complexity index is 1700. The number of likely N-dealkylation sites (N-methyl/N-ethyl adjacent to an activating group) is 1. The van der Waals surface area contributed by atoms with Crippen molar-refractivity contribution in [1.29, 1.82) is 0 Å². The number of piperidine rings is 1. The SMILES string of the molecule is C=CC(=O)N1CC2(CCN(c3nc(OC[C@@H]4CCCN4C)nc4cc(-c5c(C)ccc6[nH]ncc56)c(OC)nc34)CC2)C1. The lowest BCUT2D eigenvalue weighted by Crippen LogP contribution is -2.61. The van der Waals surface area contributed by atoms with Gasteiger partial charge >= 0.3 is 6.01 Å². The van der Waals surface area contributed by atoms with Gasteiger partial charge in [-0.25, -0.2) is 4.98 Å². The molecule has 3 saturated heterocycles. The number of benzene rings is 1. The van der Waals surface area contributed by atoms with E-state index in [4.69, 9.17) is 24.4 Å². The average Bonchev–Trinajstić information content (AvgIpc) is 3.66. The lowest BCUT2D eigenvalue weighted by Gasteiger charge is -2.53. The molecule has 0 unspecified atom stereocenters. The summed E-state index contributed by atoms with van der Waals surface area (Å²) >= 11 is 0. The van der Waals surface area contributed by atoms with Crippen molar-refractivity contribution in [2.45, 2.75) is 38.6 Å². The van der Waals surface area contributed by atoms with Gasteiger partial charge in [-0.15, -0.1) is 0 Å². The smallest absolute Gasteiger partial charge is 0.319 e. The van der Waals surface area contributed by atoms with E-state index < -0.39 is 0 Å². The summed E-state index contributed by atoms with van der Waals surface area (Å²) < 4.78 is 12.2. The number of H-pyrrole nitrogens is 1. The second-order valence-corrected chi connectivity index (χ2v) is 12.3. The molecule has 3 aliphatic rings. The maximum atomic E-state index is 12.1. The molecule has 3 aliphatic heterocycles. The molecule has 0 aliphatic carbocycles. The summed E-state index contributed by atoms with van der Waals surface area (Å²) in [7, 11) is 3.79. The molecule has 0 saturated carbocycles. The van der Waals surface area contributed by atoms with Gasteiger partial charge in [0.25, 0.3) is 0 Å². The van der Waals surface area contributed by atoms with Gasteiger partial charge in [-0.2, -0.15) is 15.1 Å². The van der Waals surface area contributed by atoms with Crippen LogP contribution in [0.4, 0.5) is 5.82 Å². The molecular weight excluding hydrogens is 544 g/mol. The zero-order chi connectivity index (χ0) is 29.7. The highest BCUT2D eigenvalue weighted by Crippen LogP contribution is 2.43. The fourth-order valence-corrected chi connectivity index (χ4v) is 7.03. The molecule has 1 N–H and O–H groups in total. The molecule has 43 heavy (non-hydrogen) atoms. The number of fused-ring (bicyclic) bond motifs is 2. The fraction of sp³-hybridized carbons (Fsp3) is 0.469. The number of aromatic nitrogens is 5. The zero-order valence-corrected chi connectivity index (χ0v) is 25.1. The molecule has 7 rings (SSSR count). The van der Waals surface area contributed by atoms with Crippen molar-refractivity contribution in [3.8, 4) is 23.0 Å². The van der Waals surface area contributed by atoms with Crippen LogP contribution < -0.4 is 14.4 Å². The van der Waals surface area contributed by atoms with Gasteiger partial charge in [0.15, 0.2) is 5.82 Å². The van der Waals surface area contributed by atoms with Crippen molar-refractivity contribution in [2.24, 2.45) is 5.41 Å². The number of hydrogen-bond donors (Lipinski definition) is 1. The van der Waals surface area contributed by atoms with Gasteiger partial charge in [-0.3, -0.25) is 9.89 Å². The van der Waals surface area contributed by atoms with Crippen molar-refractivity contribution in [2.75, 3.05) is 58.4 Å². The zero-order valence-electron chi connectivity index (χ0n) is 25.1. The number of rotatable bonds is 7. The molecule has 3 fully saturated rings. The Labute approximate surface area is 250 Å². The predicted molar refractivity (Wildman–Crippen MR) is 166 cm³/mol. The summed E-state index contributed by atoms with van der Waals surface area (Å²) in [5.41, 5.74) is 5.46. The van der Waals surface area contributed by atoms with Gasteiger partial charge in [-0.05, 0) is 70.0 Å². The van der Waals surface area contributed by atoms with E-state index in [9.17, 15) is 4.79 Å². The Balaban J connectivity index is 1.27. The van der Waals surface area contributed by atoms with Gasteiger partial charge < -0.3 is 24.2 Å². The molecule has 6 heterocycles. The lowest BCUT2D eigenvalue weighted by atomic mass is 9.72. The molecule has 0 radical (unpaired) electrons. The highest BCUT2D eigenvalue weighted by Gasteiger charge is 2.46. The van der Waals surface area contributed by atoms with Crippen molar-refractivity contribution in [3.05, 3.63) is 42.6 Å². The first-order chi connectivity index (χ1) is 20.9. The van der Waals surface area contributed by atoms with E-state index in [2.05, 4.69) is 46.6 Å². The number of nitrogens with one attached hydrogen (secondary N) is 1. The van der Waals surface area contributed by atoms with Crippen molar-refractivity contribution >= 4 is 33.7 Å². The monoisotopic (exact) mass is 582 g/mol. The van der Waals surface area contributed by atoms with E-state index in [0.717, 1.165) is 85.4 Å². The van der Waals surface area contributed by atoms with Crippen molar-refractivity contribution < 1.29 is 14.3 Å². The molecule has 1 aromatic carbocycles. The number of pyridine rings is 1. The minimum Gasteiger partial charge on any atom is -0.481 e. The van der Waals surface area contributed by atoms with Gasteiger partial charge in [0.2, 0.25) is 11.8 Å². The molecule has 0 bridgehead atoms. The van der Waals surface area contributed by atoms with Gasteiger partial charge in [-0.1, -0.05) is 12.6 Å². The molecule has 1 amide bonds. The summed E-state index contributed by atoms with van der Waals surface area (Å²) in [5, 5.41) is 8.35. The van der Waals surface area contributed by atoms with Gasteiger partial charge in [0.05, 0.1) is 24.3 Å². The maximum Gasteiger partial charge on any atom is 0.319 e. The van der Waals surface area contributed by atoms with Crippen LogP contribution in [0.25, 0.3) is 33.1 Å².